The van der Waals surface area contributed by atoms with Crippen molar-refractivity contribution in [1.82, 2.24) is 24.8 Å². The van der Waals surface area contributed by atoms with Gasteiger partial charge < -0.3 is 43.9 Å². The SMILES string of the molecule is Cc1c(C(=O)N[C@@H]2CN(C(=O)O)C[C@H]2O)c2ncnc(-c3c(OCC4CC4)ccc4c3OCO4)c2n1COCC[Si](C)(C)C. The van der Waals surface area contributed by atoms with Crippen LogP contribution in [-0.4, -0.2) is 95.0 Å². The van der Waals surface area contributed by atoms with E-state index < -0.39 is 32.2 Å². The van der Waals surface area contributed by atoms with Gasteiger partial charge in [-0.2, -0.15) is 0 Å². The van der Waals surface area contributed by atoms with Crippen LogP contribution in [-0.2, 0) is 11.5 Å². The number of nitrogens with zero attached hydrogens (tertiary/aromatic N) is 4. The molecule has 2 aliphatic heterocycles. The van der Waals surface area contributed by atoms with Crippen LogP contribution in [0.25, 0.3) is 22.3 Å². The standard InChI is InChI=1S/C30H39N5O8Si/c1-17-23(29(37)33-19-11-34(30(38)39)12-20(19)36)25-27(35(17)15-40-9-10-44(2,3)4)26(32-14-31-25)24-21(41-13-18-5-6-18)7-8-22-28(24)43-16-42-22/h7-8,14,18-20,36H,5-6,9-13,15-16H2,1-4H3,(H,33,37)(H,38,39)/t19-,20-/m1/s1. The van der Waals surface area contributed by atoms with Gasteiger partial charge in [0.2, 0.25) is 6.79 Å². The second kappa shape index (κ2) is 11.9. The second-order valence-electron chi connectivity index (χ2n) is 12.9. The number of benzene rings is 1. The second-order valence-corrected chi connectivity index (χ2v) is 18.5. The number of carboxylic acid groups (broad SMARTS) is 1. The first-order valence-corrected chi connectivity index (χ1v) is 18.7. The summed E-state index contributed by atoms with van der Waals surface area (Å²) in [7, 11) is -1.35. The number of hydrogen-bond acceptors (Lipinski definition) is 9. The van der Waals surface area contributed by atoms with E-state index in [0.29, 0.717) is 69.9 Å². The van der Waals surface area contributed by atoms with Crippen molar-refractivity contribution in [2.75, 3.05) is 33.1 Å². The Hall–Kier alpha value is -3.88. The molecule has 0 bridgehead atoms. The highest BCUT2D eigenvalue weighted by atomic mass is 28.3. The van der Waals surface area contributed by atoms with E-state index in [1.165, 1.54) is 6.33 Å². The molecule has 2 aromatic heterocycles. The number of amides is 2. The average molecular weight is 626 g/mol. The van der Waals surface area contributed by atoms with Gasteiger partial charge in [-0.05, 0) is 43.9 Å². The molecule has 0 spiro atoms. The quantitative estimate of drug-likeness (QED) is 0.212. The van der Waals surface area contributed by atoms with Gasteiger partial charge in [0.05, 0.1) is 41.9 Å². The van der Waals surface area contributed by atoms with Crippen LogP contribution in [0, 0.1) is 12.8 Å². The van der Waals surface area contributed by atoms with Crippen molar-refractivity contribution in [2.45, 2.75) is 64.3 Å². The molecule has 2 fully saturated rings. The normalized spacial score (nSPS) is 19.5. The summed E-state index contributed by atoms with van der Waals surface area (Å²) in [5.74, 6) is 1.72. The summed E-state index contributed by atoms with van der Waals surface area (Å²) in [4.78, 5) is 35.7. The Bertz CT molecular complexity index is 1580. The van der Waals surface area contributed by atoms with Gasteiger partial charge in [0.15, 0.2) is 11.5 Å². The van der Waals surface area contributed by atoms with Gasteiger partial charge in [-0.25, -0.2) is 14.8 Å². The minimum atomic E-state index is -1.35. The summed E-state index contributed by atoms with van der Waals surface area (Å²) < 4.78 is 26.0. The van der Waals surface area contributed by atoms with E-state index in [0.717, 1.165) is 23.8 Å². The topological polar surface area (TPSA) is 158 Å². The summed E-state index contributed by atoms with van der Waals surface area (Å²) in [5, 5.41) is 22.7. The molecule has 4 heterocycles. The lowest BCUT2D eigenvalue weighted by Crippen LogP contribution is -2.43. The number of likely N-dealkylation sites (tertiary alicyclic amines) is 1. The number of aromatic nitrogens is 3. The zero-order chi connectivity index (χ0) is 31.2. The monoisotopic (exact) mass is 625 g/mol. The van der Waals surface area contributed by atoms with Gasteiger partial charge in [-0.3, -0.25) is 4.79 Å². The number of rotatable bonds is 11. The number of β-amino-alcohol motifs (C(OH)–C–C–N with tert-alkyl or cyclic N) is 1. The molecule has 236 valence electrons. The first kappa shape index (κ1) is 30.2. The van der Waals surface area contributed by atoms with Gasteiger partial charge in [0.1, 0.15) is 30.0 Å². The van der Waals surface area contributed by atoms with Gasteiger partial charge in [0.25, 0.3) is 5.91 Å². The molecule has 14 heteroatoms. The summed E-state index contributed by atoms with van der Waals surface area (Å²) in [5.41, 5.74) is 2.98. The minimum absolute atomic E-state index is 0.0187. The van der Waals surface area contributed by atoms with Crippen LogP contribution in [0.1, 0.15) is 28.9 Å². The Morgan fingerprint density at radius 1 is 1.16 bits per heavy atom. The summed E-state index contributed by atoms with van der Waals surface area (Å²) in [6.45, 7) is 9.92. The average Bonchev–Trinajstić information content (AvgIpc) is 3.42. The molecule has 1 aromatic carbocycles. The van der Waals surface area contributed by atoms with E-state index >= 15 is 0 Å². The minimum Gasteiger partial charge on any atom is -0.492 e. The van der Waals surface area contributed by atoms with Gasteiger partial charge >= 0.3 is 6.09 Å². The zero-order valence-corrected chi connectivity index (χ0v) is 26.5. The third kappa shape index (κ3) is 6.06. The fraction of sp³-hybridized carbons (Fsp3) is 0.533. The smallest absolute Gasteiger partial charge is 0.407 e. The predicted octanol–water partition coefficient (Wildman–Crippen LogP) is 3.69. The van der Waals surface area contributed by atoms with Crippen molar-refractivity contribution in [3.63, 3.8) is 0 Å². The van der Waals surface area contributed by atoms with Crippen molar-refractivity contribution in [3.8, 4) is 28.5 Å². The van der Waals surface area contributed by atoms with Crippen LogP contribution in [0.3, 0.4) is 0 Å². The lowest BCUT2D eigenvalue weighted by molar-refractivity contribution is 0.0865. The highest BCUT2D eigenvalue weighted by Gasteiger charge is 2.37. The molecule has 1 saturated heterocycles. The van der Waals surface area contributed by atoms with Crippen molar-refractivity contribution < 1.29 is 38.7 Å². The first-order valence-electron chi connectivity index (χ1n) is 15.0. The van der Waals surface area contributed by atoms with E-state index in [-0.39, 0.29) is 26.6 Å². The van der Waals surface area contributed by atoms with Crippen LogP contribution in [0.4, 0.5) is 4.79 Å². The molecule has 2 amide bonds. The lowest BCUT2D eigenvalue weighted by Gasteiger charge is -2.18. The molecule has 0 radical (unpaired) electrons. The summed E-state index contributed by atoms with van der Waals surface area (Å²) in [6.07, 6.45) is 1.48. The Morgan fingerprint density at radius 2 is 1.95 bits per heavy atom. The van der Waals surface area contributed by atoms with E-state index in [2.05, 4.69) is 29.9 Å². The molecule has 44 heavy (non-hydrogen) atoms. The predicted molar refractivity (Wildman–Crippen MR) is 163 cm³/mol. The van der Waals surface area contributed by atoms with Crippen molar-refractivity contribution in [1.29, 1.82) is 0 Å². The van der Waals surface area contributed by atoms with Crippen LogP contribution in [0.2, 0.25) is 25.7 Å². The number of aliphatic hydroxyl groups is 1. The third-order valence-corrected chi connectivity index (χ3v) is 10.0. The lowest BCUT2D eigenvalue weighted by atomic mass is 10.1. The highest BCUT2D eigenvalue weighted by molar-refractivity contribution is 6.76. The van der Waals surface area contributed by atoms with Crippen molar-refractivity contribution >= 4 is 31.1 Å². The van der Waals surface area contributed by atoms with Gasteiger partial charge in [0, 0.05) is 26.9 Å². The fourth-order valence-electron chi connectivity index (χ4n) is 5.56. The Kier molecular flexibility index (Phi) is 8.15. The van der Waals surface area contributed by atoms with E-state index in [4.69, 9.17) is 23.9 Å². The summed E-state index contributed by atoms with van der Waals surface area (Å²) in [6, 6.07) is 3.88. The number of aliphatic hydroxyl groups excluding tert-OH is 1. The van der Waals surface area contributed by atoms with Crippen LogP contribution in [0.15, 0.2) is 18.5 Å². The van der Waals surface area contributed by atoms with Gasteiger partial charge in [-0.15, -0.1) is 0 Å². The Balaban J connectivity index is 1.43. The molecule has 1 saturated carbocycles. The highest BCUT2D eigenvalue weighted by Crippen LogP contribution is 2.49. The molecule has 2 atom stereocenters. The third-order valence-electron chi connectivity index (χ3n) is 8.32. The maximum atomic E-state index is 13.9. The number of carbonyl (C=O) groups excluding carboxylic acids is 1. The molecule has 13 nitrogen and oxygen atoms in total. The number of nitrogens with one attached hydrogen (secondary N) is 1. The molecule has 0 unspecified atom stereocenters. The molecule has 6 rings (SSSR count). The summed E-state index contributed by atoms with van der Waals surface area (Å²) >= 11 is 0. The van der Waals surface area contributed by atoms with E-state index in [1.807, 2.05) is 23.6 Å². The van der Waals surface area contributed by atoms with Crippen molar-refractivity contribution in [3.05, 3.63) is 29.7 Å². The molecular formula is C30H39N5O8Si. The molecule has 1 aliphatic carbocycles. The first-order chi connectivity index (χ1) is 21.0. The molecule has 3 aliphatic rings. The molecular weight excluding hydrogens is 586 g/mol. The number of hydrogen-bond donors (Lipinski definition) is 3. The number of carbonyl (C=O) groups is 2. The number of ether oxygens (including phenoxy) is 4. The van der Waals surface area contributed by atoms with Crippen molar-refractivity contribution in [2.24, 2.45) is 5.92 Å². The number of fused-ring (bicyclic) bond motifs is 2. The molecule has 3 N–H and O–H groups in total. The van der Waals surface area contributed by atoms with E-state index in [1.54, 1.807) is 0 Å². The fourth-order valence-corrected chi connectivity index (χ4v) is 6.31. The van der Waals surface area contributed by atoms with E-state index in [9.17, 15) is 19.8 Å². The molecule has 3 aromatic rings. The Labute approximate surface area is 256 Å². The Morgan fingerprint density at radius 3 is 2.66 bits per heavy atom. The zero-order valence-electron chi connectivity index (χ0n) is 25.5. The van der Waals surface area contributed by atoms with Gasteiger partial charge in [-0.1, -0.05) is 19.6 Å². The van der Waals surface area contributed by atoms with Crippen LogP contribution in [0.5, 0.6) is 17.2 Å². The van der Waals surface area contributed by atoms with Crippen LogP contribution >= 0.6 is 0 Å². The maximum absolute atomic E-state index is 13.9. The largest absolute Gasteiger partial charge is 0.492 e. The van der Waals surface area contributed by atoms with Crippen LogP contribution < -0.4 is 19.5 Å². The maximum Gasteiger partial charge on any atom is 0.407 e.